The molecule has 0 saturated heterocycles. The summed E-state index contributed by atoms with van der Waals surface area (Å²) in [5.74, 6) is 0. The number of hydrogen-bond acceptors (Lipinski definition) is 2. The Morgan fingerprint density at radius 1 is 0.519 bits per heavy atom. The van der Waals surface area contributed by atoms with E-state index < -0.39 is 18.7 Å². The quantitative estimate of drug-likeness (QED) is 0.238. The first-order chi connectivity index (χ1) is 12.6. The Morgan fingerprint density at radius 3 is 0.778 bits per heavy atom. The molecule has 164 valence electrons. The molecule has 6 nitrogen and oxygen atoms in total. The van der Waals surface area contributed by atoms with Crippen molar-refractivity contribution in [1.29, 1.82) is 0 Å². The summed E-state index contributed by atoms with van der Waals surface area (Å²) < 4.78 is 34.6. The van der Waals surface area contributed by atoms with Gasteiger partial charge in [0, 0.05) is 52.4 Å². The van der Waals surface area contributed by atoms with Gasteiger partial charge in [0.05, 0.1) is 0 Å². The second kappa shape index (κ2) is 11.9. The van der Waals surface area contributed by atoms with Crippen molar-refractivity contribution in [3.8, 4) is 0 Å². The standard InChI is InChI=1S/C17H40Cl2N4O2P2/c1-9-20(10-2)26(24,21(11-3)12-4)17(18,19)27(25,22(13-5)14-6)23(15-7)16-8/h9-16H2,1-8H3. The zero-order valence-electron chi connectivity index (χ0n) is 18.4. The lowest BCUT2D eigenvalue weighted by molar-refractivity contribution is 0.338. The molecule has 10 heteroatoms. The van der Waals surface area contributed by atoms with Crippen LogP contribution in [-0.2, 0) is 9.13 Å². The fraction of sp³-hybridized carbons (Fsp3) is 1.00. The van der Waals surface area contributed by atoms with Crippen LogP contribution >= 0.6 is 38.1 Å². The van der Waals surface area contributed by atoms with Gasteiger partial charge in [-0.05, 0) is 0 Å². The van der Waals surface area contributed by atoms with Crippen molar-refractivity contribution in [1.82, 2.24) is 18.7 Å². The van der Waals surface area contributed by atoms with Gasteiger partial charge in [0.1, 0.15) is 0 Å². The molecule has 0 unspecified atom stereocenters. The molecule has 0 aromatic rings. The summed E-state index contributed by atoms with van der Waals surface area (Å²) in [5.41, 5.74) is 0. The molecule has 0 saturated carbocycles. The van der Waals surface area contributed by atoms with Crippen molar-refractivity contribution in [2.24, 2.45) is 0 Å². The number of nitrogens with zero attached hydrogens (tertiary/aromatic N) is 4. The van der Waals surface area contributed by atoms with E-state index in [1.807, 2.05) is 55.4 Å². The third-order valence-corrected chi connectivity index (χ3v) is 16.1. The van der Waals surface area contributed by atoms with Gasteiger partial charge in [-0.2, -0.15) is 0 Å². The summed E-state index contributed by atoms with van der Waals surface area (Å²) in [6, 6.07) is 0. The van der Waals surface area contributed by atoms with Crippen LogP contribution in [0.2, 0.25) is 0 Å². The van der Waals surface area contributed by atoms with Gasteiger partial charge in [-0.15, -0.1) is 0 Å². The molecule has 0 spiro atoms. The molecular formula is C17H40Cl2N4O2P2. The molecule has 0 radical (unpaired) electrons. The highest BCUT2D eigenvalue weighted by Gasteiger charge is 2.66. The predicted octanol–water partition coefficient (Wildman–Crippen LogP) is 5.83. The zero-order chi connectivity index (χ0) is 21.5. The summed E-state index contributed by atoms with van der Waals surface area (Å²) >= 11 is 14.1. The Balaban J connectivity index is 6.96. The van der Waals surface area contributed by atoms with Crippen LogP contribution < -0.4 is 0 Å². The maximum atomic E-state index is 14.6. The van der Waals surface area contributed by atoms with Crippen LogP contribution in [0.3, 0.4) is 0 Å². The van der Waals surface area contributed by atoms with Crippen LogP contribution in [-0.4, -0.2) is 74.9 Å². The molecule has 0 amide bonds. The van der Waals surface area contributed by atoms with E-state index in [1.54, 1.807) is 18.7 Å². The molecule has 27 heavy (non-hydrogen) atoms. The number of halogens is 2. The summed E-state index contributed by atoms with van der Waals surface area (Å²) in [5, 5.41) is 0. The van der Waals surface area contributed by atoms with Gasteiger partial charge in [0.25, 0.3) is 18.7 Å². The lowest BCUT2D eigenvalue weighted by atomic mass is 10.7. The molecule has 0 fully saturated rings. The fourth-order valence-corrected chi connectivity index (χ4v) is 14.2. The first-order valence-corrected chi connectivity index (χ1v) is 14.2. The van der Waals surface area contributed by atoms with Crippen LogP contribution in [0.4, 0.5) is 0 Å². The molecule has 0 N–H and O–H groups in total. The topological polar surface area (TPSA) is 47.1 Å². The predicted molar refractivity (Wildman–Crippen MR) is 121 cm³/mol. The minimum atomic E-state index is -3.57. The van der Waals surface area contributed by atoms with Gasteiger partial charge >= 0.3 is 0 Å². The van der Waals surface area contributed by atoms with E-state index >= 15 is 0 Å². The lowest BCUT2D eigenvalue weighted by Gasteiger charge is -2.50. The van der Waals surface area contributed by atoms with Crippen LogP contribution in [0, 0.1) is 0 Å². The highest BCUT2D eigenvalue weighted by Crippen LogP contribution is 2.83. The highest BCUT2D eigenvalue weighted by atomic mass is 35.5. The molecule has 0 rings (SSSR count). The van der Waals surface area contributed by atoms with Crippen molar-refractivity contribution in [3.63, 3.8) is 0 Å². The molecule has 0 aromatic carbocycles. The summed E-state index contributed by atoms with van der Waals surface area (Å²) in [6.45, 7) is 19.6. The Labute approximate surface area is 177 Å². The first kappa shape index (κ1) is 27.9. The second-order valence-electron chi connectivity index (χ2n) is 6.15. The van der Waals surface area contributed by atoms with Gasteiger partial charge in [-0.3, -0.25) is 9.13 Å². The molecule has 0 bridgehead atoms. The maximum absolute atomic E-state index is 14.6. The largest absolute Gasteiger partial charge is 0.285 e. The van der Waals surface area contributed by atoms with Crippen molar-refractivity contribution in [3.05, 3.63) is 0 Å². The molecular weight excluding hydrogens is 425 g/mol. The van der Waals surface area contributed by atoms with Crippen molar-refractivity contribution in [2.45, 2.75) is 59.2 Å². The minimum absolute atomic E-state index is 0.516. The zero-order valence-corrected chi connectivity index (χ0v) is 21.7. The third kappa shape index (κ3) is 4.80. The fourth-order valence-electron chi connectivity index (χ4n) is 3.64. The van der Waals surface area contributed by atoms with Crippen LogP contribution in [0.15, 0.2) is 0 Å². The SMILES string of the molecule is CCN(CC)P(=O)(N(CC)CC)C(Cl)(Cl)P(=O)(N(CC)CC)N(CC)CC. The van der Waals surface area contributed by atoms with E-state index in [0.29, 0.717) is 52.4 Å². The third-order valence-electron chi connectivity index (χ3n) is 5.15. The van der Waals surface area contributed by atoms with Gasteiger partial charge in [0.15, 0.2) is 0 Å². The average Bonchev–Trinajstić information content (AvgIpc) is 2.65. The normalized spacial score (nSPS) is 14.1. The highest BCUT2D eigenvalue weighted by molar-refractivity contribution is 7.84. The van der Waals surface area contributed by atoms with E-state index in [0.717, 1.165) is 0 Å². The number of rotatable bonds is 14. The van der Waals surface area contributed by atoms with Gasteiger partial charge in [-0.1, -0.05) is 78.6 Å². The van der Waals surface area contributed by atoms with Crippen molar-refractivity contribution >= 4 is 38.1 Å². The molecule has 0 aliphatic rings. The maximum Gasteiger partial charge on any atom is 0.274 e. The Kier molecular flexibility index (Phi) is 12.3. The smallest absolute Gasteiger partial charge is 0.274 e. The van der Waals surface area contributed by atoms with Crippen molar-refractivity contribution in [2.75, 3.05) is 52.4 Å². The van der Waals surface area contributed by atoms with E-state index in [4.69, 9.17) is 23.2 Å². The van der Waals surface area contributed by atoms with Gasteiger partial charge < -0.3 is 0 Å². The minimum Gasteiger partial charge on any atom is -0.285 e. The van der Waals surface area contributed by atoms with E-state index in [2.05, 4.69) is 0 Å². The number of alkyl halides is 2. The van der Waals surface area contributed by atoms with E-state index in [-0.39, 0.29) is 0 Å². The van der Waals surface area contributed by atoms with Crippen molar-refractivity contribution < 1.29 is 9.13 Å². The van der Waals surface area contributed by atoms with Crippen LogP contribution in [0.5, 0.6) is 0 Å². The van der Waals surface area contributed by atoms with E-state index in [9.17, 15) is 9.13 Å². The van der Waals surface area contributed by atoms with E-state index in [1.165, 1.54) is 0 Å². The summed E-state index contributed by atoms with van der Waals surface area (Å²) in [6.07, 6.45) is 0. The second-order valence-corrected chi connectivity index (χ2v) is 14.7. The molecule has 0 atom stereocenters. The molecule has 0 aliphatic heterocycles. The van der Waals surface area contributed by atoms with Gasteiger partial charge in [0.2, 0.25) is 0 Å². The Bertz CT molecular complexity index is 445. The summed E-state index contributed by atoms with van der Waals surface area (Å²) in [7, 11) is -7.15. The monoisotopic (exact) mass is 464 g/mol. The Hall–Kier alpha value is 0.880. The van der Waals surface area contributed by atoms with Crippen LogP contribution in [0.1, 0.15) is 55.4 Å². The first-order valence-electron chi connectivity index (χ1n) is 10.2. The lowest BCUT2D eigenvalue weighted by Crippen LogP contribution is -2.46. The molecule has 0 heterocycles. The Morgan fingerprint density at radius 2 is 0.667 bits per heavy atom. The summed E-state index contributed by atoms with van der Waals surface area (Å²) in [4.78, 5) is 0. The van der Waals surface area contributed by atoms with Crippen LogP contribution in [0.25, 0.3) is 0 Å². The molecule has 0 aliphatic carbocycles. The van der Waals surface area contributed by atoms with Gasteiger partial charge in [-0.25, -0.2) is 18.7 Å². The average molecular weight is 465 g/mol. The molecule has 0 aromatic heterocycles. The number of hydrogen-bond donors (Lipinski definition) is 0.